The summed E-state index contributed by atoms with van der Waals surface area (Å²) in [4.78, 5) is 0. The Kier molecular flexibility index (Phi) is 3.78. The van der Waals surface area contributed by atoms with Gasteiger partial charge >= 0.3 is 0 Å². The van der Waals surface area contributed by atoms with Crippen molar-refractivity contribution in [2.24, 2.45) is 0 Å². The van der Waals surface area contributed by atoms with Gasteiger partial charge in [-0.15, -0.1) is 0 Å². The second-order valence-electron chi connectivity index (χ2n) is 3.77. The van der Waals surface area contributed by atoms with Crippen molar-refractivity contribution in [1.29, 1.82) is 0 Å². The summed E-state index contributed by atoms with van der Waals surface area (Å²) < 4.78 is 21.1. The Morgan fingerprint density at radius 1 is 1.39 bits per heavy atom. The lowest BCUT2D eigenvalue weighted by atomic mass is 10.1. The zero-order chi connectivity index (χ0) is 13.1. The molecule has 0 spiro atoms. The summed E-state index contributed by atoms with van der Waals surface area (Å²) in [6.07, 6.45) is -0.410. The summed E-state index contributed by atoms with van der Waals surface area (Å²) in [5.74, 6) is 1.11. The van der Waals surface area contributed by atoms with E-state index < -0.39 is 6.10 Å². The van der Waals surface area contributed by atoms with Crippen molar-refractivity contribution in [2.45, 2.75) is 6.10 Å². The van der Waals surface area contributed by atoms with Crippen LogP contribution in [-0.2, 0) is 4.74 Å². The van der Waals surface area contributed by atoms with Gasteiger partial charge in [0, 0.05) is 6.07 Å². The molecule has 100 valence electrons. The third kappa shape index (κ3) is 2.04. The zero-order valence-electron chi connectivity index (χ0n) is 10.3. The van der Waals surface area contributed by atoms with Crippen LogP contribution < -0.4 is 14.2 Å². The van der Waals surface area contributed by atoms with E-state index in [1.807, 2.05) is 0 Å². The monoisotopic (exact) mass is 256 g/mol. The Hall–Kier alpha value is -1.66. The fraction of sp³-hybridized carbons (Fsp3) is 0.500. The first-order chi connectivity index (χ1) is 8.72. The topological polar surface area (TPSA) is 77.4 Å². The van der Waals surface area contributed by atoms with Crippen LogP contribution in [0.2, 0.25) is 0 Å². The maximum Gasteiger partial charge on any atom is 0.203 e. The average molecular weight is 256 g/mol. The van der Waals surface area contributed by atoms with Gasteiger partial charge < -0.3 is 29.2 Å². The van der Waals surface area contributed by atoms with Crippen LogP contribution in [0.3, 0.4) is 0 Å². The molecular formula is C12H16O6. The minimum atomic E-state index is -0.410. The van der Waals surface area contributed by atoms with Crippen LogP contribution in [0.1, 0.15) is 11.7 Å². The molecule has 6 nitrogen and oxygen atoms in total. The lowest BCUT2D eigenvalue weighted by Crippen LogP contribution is -2.09. The number of benzene rings is 1. The number of phenolic OH excluding ortho intramolecular Hbond substituents is 1. The van der Waals surface area contributed by atoms with Crippen molar-refractivity contribution in [1.82, 2.24) is 0 Å². The van der Waals surface area contributed by atoms with E-state index in [4.69, 9.17) is 24.1 Å². The summed E-state index contributed by atoms with van der Waals surface area (Å²) in [7, 11) is 2.93. The molecule has 1 aliphatic rings. The highest BCUT2D eigenvalue weighted by molar-refractivity contribution is 5.62. The summed E-state index contributed by atoms with van der Waals surface area (Å²) in [6, 6.07) is 1.65. The number of rotatable bonds is 5. The third-order valence-electron chi connectivity index (χ3n) is 2.77. The highest BCUT2D eigenvalue weighted by Crippen LogP contribution is 2.50. The van der Waals surface area contributed by atoms with Gasteiger partial charge in [-0.3, -0.25) is 0 Å². The van der Waals surface area contributed by atoms with Crippen molar-refractivity contribution >= 4 is 0 Å². The Balaban J connectivity index is 2.39. The lowest BCUT2D eigenvalue weighted by Gasteiger charge is -2.15. The minimum absolute atomic E-state index is 0.0488. The van der Waals surface area contributed by atoms with Crippen LogP contribution >= 0.6 is 0 Å². The van der Waals surface area contributed by atoms with E-state index >= 15 is 0 Å². The normalized spacial score (nSPS) is 17.2. The molecule has 0 radical (unpaired) electrons. The van der Waals surface area contributed by atoms with Crippen molar-refractivity contribution in [3.05, 3.63) is 11.6 Å². The lowest BCUT2D eigenvalue weighted by molar-refractivity contribution is 0.0162. The molecule has 2 N–H and O–H groups in total. The molecule has 1 aromatic carbocycles. The molecule has 1 heterocycles. The molecule has 0 saturated carbocycles. The number of aliphatic hydroxyl groups is 1. The molecule has 2 rings (SSSR count). The number of aromatic hydroxyl groups is 1. The van der Waals surface area contributed by atoms with Gasteiger partial charge in [0.15, 0.2) is 11.5 Å². The smallest absolute Gasteiger partial charge is 0.203 e. The number of ether oxygens (including phenoxy) is 4. The number of methoxy groups -OCH3 is 2. The molecule has 1 aromatic rings. The van der Waals surface area contributed by atoms with Gasteiger partial charge in [0.1, 0.15) is 18.5 Å². The van der Waals surface area contributed by atoms with Crippen LogP contribution in [0.4, 0.5) is 0 Å². The van der Waals surface area contributed by atoms with Crippen LogP contribution in [0, 0.1) is 0 Å². The maximum atomic E-state index is 10.2. The number of hydrogen-bond acceptors (Lipinski definition) is 6. The van der Waals surface area contributed by atoms with Gasteiger partial charge in [0.25, 0.3) is 0 Å². The second kappa shape index (κ2) is 5.32. The van der Waals surface area contributed by atoms with Gasteiger partial charge in [-0.05, 0) is 0 Å². The molecule has 1 aliphatic heterocycles. The van der Waals surface area contributed by atoms with E-state index in [-0.39, 0.29) is 24.7 Å². The van der Waals surface area contributed by atoms with E-state index in [1.54, 1.807) is 6.07 Å². The first-order valence-corrected chi connectivity index (χ1v) is 5.56. The predicted octanol–water partition coefficient (Wildman–Crippen LogP) is 0.852. The summed E-state index contributed by atoms with van der Waals surface area (Å²) >= 11 is 0. The molecule has 0 aromatic heterocycles. The van der Waals surface area contributed by atoms with Crippen molar-refractivity contribution < 1.29 is 29.2 Å². The fourth-order valence-electron chi connectivity index (χ4n) is 1.97. The molecule has 0 fully saturated rings. The number of aliphatic hydroxyl groups excluding tert-OH is 1. The third-order valence-corrected chi connectivity index (χ3v) is 2.77. The highest BCUT2D eigenvalue weighted by atomic mass is 16.6. The van der Waals surface area contributed by atoms with Gasteiger partial charge in [0.2, 0.25) is 5.75 Å². The molecule has 0 bridgehead atoms. The zero-order valence-corrected chi connectivity index (χ0v) is 10.3. The van der Waals surface area contributed by atoms with E-state index in [0.717, 1.165) is 0 Å². The summed E-state index contributed by atoms with van der Waals surface area (Å²) in [6.45, 7) is 0.389. The van der Waals surface area contributed by atoms with Gasteiger partial charge in [-0.1, -0.05) is 0 Å². The number of fused-ring (bicyclic) bond motifs is 1. The van der Waals surface area contributed by atoms with Crippen molar-refractivity contribution in [3.63, 3.8) is 0 Å². The molecule has 0 aliphatic carbocycles. The number of phenols is 1. The molecule has 18 heavy (non-hydrogen) atoms. The Morgan fingerprint density at radius 2 is 2.17 bits per heavy atom. The highest BCUT2D eigenvalue weighted by Gasteiger charge is 2.32. The van der Waals surface area contributed by atoms with Gasteiger partial charge in [-0.2, -0.15) is 0 Å². The quantitative estimate of drug-likeness (QED) is 0.813. The minimum Gasteiger partial charge on any atom is -0.504 e. The van der Waals surface area contributed by atoms with Crippen LogP contribution in [0.5, 0.6) is 23.0 Å². The largest absolute Gasteiger partial charge is 0.504 e. The SMILES string of the molecule is COc1cc2c(c(O)c1OC)C(OCCO)CO2. The fourth-order valence-corrected chi connectivity index (χ4v) is 1.97. The molecule has 0 amide bonds. The molecule has 1 atom stereocenters. The standard InChI is InChI=1S/C12H16O6/c1-15-8-5-7-10(11(14)12(8)16-2)9(6-18-7)17-4-3-13/h5,9,13-14H,3-4,6H2,1-2H3. The number of hydrogen-bond donors (Lipinski definition) is 2. The summed E-state index contributed by atoms with van der Waals surface area (Å²) in [5.41, 5.74) is 0.529. The van der Waals surface area contributed by atoms with E-state index in [1.165, 1.54) is 14.2 Å². The Labute approximate surface area is 105 Å². The molecular weight excluding hydrogens is 240 g/mol. The van der Waals surface area contributed by atoms with E-state index in [0.29, 0.717) is 23.7 Å². The van der Waals surface area contributed by atoms with Crippen LogP contribution in [0.25, 0.3) is 0 Å². The summed E-state index contributed by atoms with van der Waals surface area (Å²) in [5, 5.41) is 18.9. The first kappa shape index (κ1) is 12.8. The average Bonchev–Trinajstić information content (AvgIpc) is 2.79. The van der Waals surface area contributed by atoms with Crippen molar-refractivity contribution in [3.8, 4) is 23.0 Å². The van der Waals surface area contributed by atoms with Gasteiger partial charge in [-0.25, -0.2) is 0 Å². The Bertz CT molecular complexity index is 431. The van der Waals surface area contributed by atoms with Crippen LogP contribution in [-0.4, -0.2) is 44.3 Å². The van der Waals surface area contributed by atoms with Crippen molar-refractivity contribution in [2.75, 3.05) is 34.0 Å². The Morgan fingerprint density at radius 3 is 2.78 bits per heavy atom. The molecule has 1 unspecified atom stereocenters. The molecule has 6 heteroatoms. The van der Waals surface area contributed by atoms with E-state index in [2.05, 4.69) is 0 Å². The first-order valence-electron chi connectivity index (χ1n) is 5.56. The maximum absolute atomic E-state index is 10.2. The van der Waals surface area contributed by atoms with E-state index in [9.17, 15) is 5.11 Å². The van der Waals surface area contributed by atoms with Gasteiger partial charge in [0.05, 0.1) is 33.0 Å². The molecule has 0 saturated heterocycles. The predicted molar refractivity (Wildman–Crippen MR) is 62.5 cm³/mol. The van der Waals surface area contributed by atoms with Crippen LogP contribution in [0.15, 0.2) is 6.07 Å². The second-order valence-corrected chi connectivity index (χ2v) is 3.77.